The number of pyridine rings is 1. The molecular weight excluding hydrogens is 430 g/mol. The van der Waals surface area contributed by atoms with Crippen LogP contribution in [-0.2, 0) is 11.2 Å². The van der Waals surface area contributed by atoms with Gasteiger partial charge in [-0.25, -0.2) is 4.98 Å². The lowest BCUT2D eigenvalue weighted by Crippen LogP contribution is -2.49. The molecule has 1 aliphatic heterocycles. The minimum absolute atomic E-state index is 0.00708. The van der Waals surface area contributed by atoms with E-state index in [2.05, 4.69) is 20.2 Å². The van der Waals surface area contributed by atoms with Crippen molar-refractivity contribution in [2.24, 2.45) is 0 Å². The highest BCUT2D eigenvalue weighted by Gasteiger charge is 2.23. The molecule has 1 fully saturated rings. The molecule has 0 bridgehead atoms. The van der Waals surface area contributed by atoms with Gasteiger partial charge in [-0.2, -0.15) is 0 Å². The standard InChI is InChI=1S/C22H23N5O4S/c1-31-18-7-3-2-6-17(18)26-9-11-27(12-10-26)19(28)13-15-14-32-22(24-15)25-21(30)16-5-4-8-23-20(16)29/h2-8,14H,9-13H2,1H3,(H,23,29)(H,24,25,30). The fraction of sp³-hybridized carbons (Fsp3) is 0.273. The molecule has 1 aliphatic rings. The van der Waals surface area contributed by atoms with Crippen molar-refractivity contribution in [2.45, 2.75) is 6.42 Å². The summed E-state index contributed by atoms with van der Waals surface area (Å²) < 4.78 is 5.44. The number of carbonyl (C=O) groups is 2. The second-order valence-corrected chi connectivity index (χ2v) is 8.09. The Kier molecular flexibility index (Phi) is 6.50. The highest BCUT2D eigenvalue weighted by atomic mass is 32.1. The lowest BCUT2D eigenvalue weighted by Gasteiger charge is -2.36. The maximum Gasteiger partial charge on any atom is 0.263 e. The van der Waals surface area contributed by atoms with E-state index in [9.17, 15) is 14.4 Å². The molecule has 2 N–H and O–H groups in total. The quantitative estimate of drug-likeness (QED) is 0.591. The number of para-hydroxylation sites is 2. The fourth-order valence-electron chi connectivity index (χ4n) is 3.56. The second kappa shape index (κ2) is 9.65. The zero-order valence-corrected chi connectivity index (χ0v) is 18.4. The molecule has 0 spiro atoms. The number of hydrogen-bond acceptors (Lipinski definition) is 7. The number of aromatic amines is 1. The number of methoxy groups -OCH3 is 1. The van der Waals surface area contributed by atoms with Crippen LogP contribution >= 0.6 is 11.3 Å². The second-order valence-electron chi connectivity index (χ2n) is 7.23. The van der Waals surface area contributed by atoms with E-state index in [1.807, 2.05) is 29.2 Å². The van der Waals surface area contributed by atoms with E-state index >= 15 is 0 Å². The van der Waals surface area contributed by atoms with Gasteiger partial charge in [0.25, 0.3) is 11.5 Å². The van der Waals surface area contributed by atoms with Gasteiger partial charge in [0.1, 0.15) is 11.3 Å². The topological polar surface area (TPSA) is 108 Å². The van der Waals surface area contributed by atoms with E-state index < -0.39 is 11.5 Å². The number of hydrogen-bond donors (Lipinski definition) is 2. The number of ether oxygens (including phenoxy) is 1. The van der Waals surface area contributed by atoms with Gasteiger partial charge in [0.2, 0.25) is 5.91 Å². The Hall–Kier alpha value is -3.66. The third kappa shape index (κ3) is 4.80. The van der Waals surface area contributed by atoms with Crippen molar-refractivity contribution in [2.75, 3.05) is 43.5 Å². The molecule has 9 nitrogen and oxygen atoms in total. The van der Waals surface area contributed by atoms with Gasteiger partial charge in [0, 0.05) is 37.8 Å². The Morgan fingerprint density at radius 1 is 1.16 bits per heavy atom. The molecule has 0 aliphatic carbocycles. The van der Waals surface area contributed by atoms with Crippen molar-refractivity contribution in [1.82, 2.24) is 14.9 Å². The maximum absolute atomic E-state index is 12.7. The van der Waals surface area contributed by atoms with E-state index in [-0.39, 0.29) is 17.9 Å². The molecule has 3 heterocycles. The molecule has 0 saturated carbocycles. The number of thiazole rings is 1. The Morgan fingerprint density at radius 2 is 1.94 bits per heavy atom. The van der Waals surface area contributed by atoms with Gasteiger partial charge in [-0.15, -0.1) is 11.3 Å². The Bertz CT molecular complexity index is 1170. The van der Waals surface area contributed by atoms with Gasteiger partial charge in [-0.05, 0) is 24.3 Å². The van der Waals surface area contributed by atoms with Crippen molar-refractivity contribution < 1.29 is 14.3 Å². The maximum atomic E-state index is 12.7. The third-order valence-electron chi connectivity index (χ3n) is 5.23. The molecule has 0 atom stereocenters. The van der Waals surface area contributed by atoms with Crippen LogP contribution in [0.5, 0.6) is 5.75 Å². The molecule has 10 heteroatoms. The molecule has 0 radical (unpaired) electrons. The van der Waals surface area contributed by atoms with E-state index in [4.69, 9.17) is 4.74 Å². The van der Waals surface area contributed by atoms with Gasteiger partial charge < -0.3 is 19.5 Å². The molecule has 3 aromatic rings. The van der Waals surface area contributed by atoms with E-state index in [0.29, 0.717) is 23.9 Å². The largest absolute Gasteiger partial charge is 0.495 e. The molecular formula is C22H23N5O4S. The molecule has 1 aromatic carbocycles. The summed E-state index contributed by atoms with van der Waals surface area (Å²) in [7, 11) is 1.65. The summed E-state index contributed by atoms with van der Waals surface area (Å²) in [5.41, 5.74) is 1.15. The minimum atomic E-state index is -0.536. The van der Waals surface area contributed by atoms with Crippen molar-refractivity contribution >= 4 is 34.0 Å². The van der Waals surface area contributed by atoms with E-state index in [1.54, 1.807) is 18.6 Å². The van der Waals surface area contributed by atoms with Crippen LogP contribution in [0, 0.1) is 0 Å². The van der Waals surface area contributed by atoms with Crippen LogP contribution in [0.1, 0.15) is 16.1 Å². The smallest absolute Gasteiger partial charge is 0.263 e. The van der Waals surface area contributed by atoms with Gasteiger partial charge in [-0.1, -0.05) is 12.1 Å². The number of benzene rings is 1. The molecule has 2 amide bonds. The van der Waals surface area contributed by atoms with Crippen LogP contribution < -0.4 is 20.5 Å². The van der Waals surface area contributed by atoms with Gasteiger partial charge in [-0.3, -0.25) is 19.7 Å². The van der Waals surface area contributed by atoms with Gasteiger partial charge >= 0.3 is 0 Å². The first-order valence-electron chi connectivity index (χ1n) is 10.1. The average Bonchev–Trinajstić information content (AvgIpc) is 3.25. The number of nitrogens with zero attached hydrogens (tertiary/aromatic N) is 3. The summed E-state index contributed by atoms with van der Waals surface area (Å²) in [4.78, 5) is 47.6. The third-order valence-corrected chi connectivity index (χ3v) is 6.03. The molecule has 32 heavy (non-hydrogen) atoms. The molecule has 0 unspecified atom stereocenters. The number of carbonyl (C=O) groups excluding carboxylic acids is 2. The first kappa shape index (κ1) is 21.6. The highest BCUT2D eigenvalue weighted by molar-refractivity contribution is 7.14. The summed E-state index contributed by atoms with van der Waals surface area (Å²) >= 11 is 1.22. The van der Waals surface area contributed by atoms with Gasteiger partial charge in [0.15, 0.2) is 5.13 Å². The van der Waals surface area contributed by atoms with Crippen molar-refractivity contribution in [3.05, 3.63) is 69.6 Å². The molecule has 1 saturated heterocycles. The summed E-state index contributed by atoms with van der Waals surface area (Å²) in [6.45, 7) is 2.66. The number of anilines is 2. The van der Waals surface area contributed by atoms with Crippen LogP contribution in [0.15, 0.2) is 52.8 Å². The minimum Gasteiger partial charge on any atom is -0.495 e. The average molecular weight is 454 g/mol. The number of nitrogens with one attached hydrogen (secondary N) is 2. The summed E-state index contributed by atoms with van der Waals surface area (Å²) in [5, 5.41) is 4.71. The Balaban J connectivity index is 1.31. The predicted molar refractivity (Wildman–Crippen MR) is 123 cm³/mol. The van der Waals surface area contributed by atoms with Crippen molar-refractivity contribution in [3.63, 3.8) is 0 Å². The molecule has 166 valence electrons. The molecule has 4 rings (SSSR count). The number of amides is 2. The van der Waals surface area contributed by atoms with Crippen LogP contribution in [-0.4, -0.2) is 60.0 Å². The number of piperazine rings is 1. The Labute approximate surface area is 188 Å². The van der Waals surface area contributed by atoms with E-state index in [1.165, 1.54) is 23.6 Å². The zero-order chi connectivity index (χ0) is 22.5. The number of rotatable bonds is 6. The summed E-state index contributed by atoms with van der Waals surface area (Å²) in [6, 6.07) is 10.9. The zero-order valence-electron chi connectivity index (χ0n) is 17.5. The van der Waals surface area contributed by atoms with Crippen LogP contribution in [0.25, 0.3) is 0 Å². The van der Waals surface area contributed by atoms with Crippen LogP contribution in [0.2, 0.25) is 0 Å². The summed E-state index contributed by atoms with van der Waals surface area (Å²) in [5.74, 6) is 0.278. The normalized spacial score (nSPS) is 13.7. The number of H-pyrrole nitrogens is 1. The lowest BCUT2D eigenvalue weighted by molar-refractivity contribution is -0.130. The van der Waals surface area contributed by atoms with E-state index in [0.717, 1.165) is 24.5 Å². The summed E-state index contributed by atoms with van der Waals surface area (Å²) in [6.07, 6.45) is 1.62. The lowest BCUT2D eigenvalue weighted by atomic mass is 10.2. The predicted octanol–water partition coefficient (Wildman–Crippen LogP) is 1.98. The van der Waals surface area contributed by atoms with Crippen LogP contribution in [0.4, 0.5) is 10.8 Å². The SMILES string of the molecule is COc1ccccc1N1CCN(C(=O)Cc2csc(NC(=O)c3ccc[nH]c3=O)n2)CC1. The first-order chi connectivity index (χ1) is 15.5. The monoisotopic (exact) mass is 453 g/mol. The first-order valence-corrected chi connectivity index (χ1v) is 11.0. The highest BCUT2D eigenvalue weighted by Crippen LogP contribution is 2.28. The van der Waals surface area contributed by atoms with Crippen molar-refractivity contribution in [1.29, 1.82) is 0 Å². The number of aromatic nitrogens is 2. The molecule has 2 aromatic heterocycles. The van der Waals surface area contributed by atoms with Crippen molar-refractivity contribution in [3.8, 4) is 5.75 Å². The van der Waals surface area contributed by atoms with Crippen LogP contribution in [0.3, 0.4) is 0 Å². The fourth-order valence-corrected chi connectivity index (χ4v) is 4.27. The van der Waals surface area contributed by atoms with Gasteiger partial charge in [0.05, 0.1) is 24.9 Å². The Morgan fingerprint density at radius 3 is 2.69 bits per heavy atom.